The van der Waals surface area contributed by atoms with E-state index >= 15 is 0 Å². The standard InChI is InChI=1S/C11H19ClN2O2S/c1-8(12)9(15)14-10(16)13-7-11(17-2)5-3-4-6-11/h8H,3-7H2,1-2H3,(H2,13,14,15,16). The average Bonchev–Trinajstić information content (AvgIpc) is 2.75. The fourth-order valence-corrected chi connectivity index (χ4v) is 2.94. The van der Waals surface area contributed by atoms with Gasteiger partial charge in [-0.15, -0.1) is 11.6 Å². The summed E-state index contributed by atoms with van der Waals surface area (Å²) in [4.78, 5) is 22.7. The molecule has 1 aliphatic carbocycles. The third kappa shape index (κ3) is 4.39. The molecule has 1 fully saturated rings. The lowest BCUT2D eigenvalue weighted by Crippen LogP contribution is -2.46. The number of hydrogen-bond donors (Lipinski definition) is 2. The van der Waals surface area contributed by atoms with Gasteiger partial charge in [0.25, 0.3) is 0 Å². The summed E-state index contributed by atoms with van der Waals surface area (Å²) in [5.74, 6) is -0.464. The number of carbonyl (C=O) groups is 2. The van der Waals surface area contributed by atoms with Gasteiger partial charge in [0.2, 0.25) is 5.91 Å². The molecule has 1 unspecified atom stereocenters. The predicted octanol–water partition coefficient (Wildman–Crippen LogP) is 2.12. The van der Waals surface area contributed by atoms with Gasteiger partial charge in [-0.2, -0.15) is 11.8 Å². The second-order valence-corrected chi connectivity index (χ2v) is 6.31. The topological polar surface area (TPSA) is 58.2 Å². The number of urea groups is 1. The molecule has 0 radical (unpaired) electrons. The van der Waals surface area contributed by atoms with Gasteiger partial charge < -0.3 is 5.32 Å². The van der Waals surface area contributed by atoms with Crippen LogP contribution in [0.3, 0.4) is 0 Å². The monoisotopic (exact) mass is 278 g/mol. The minimum atomic E-state index is -0.693. The van der Waals surface area contributed by atoms with E-state index in [4.69, 9.17) is 11.6 Å². The zero-order valence-corrected chi connectivity index (χ0v) is 11.8. The Morgan fingerprint density at radius 2 is 2.00 bits per heavy atom. The van der Waals surface area contributed by atoms with Crippen molar-refractivity contribution in [3.8, 4) is 0 Å². The minimum absolute atomic E-state index is 0.146. The van der Waals surface area contributed by atoms with Crippen molar-refractivity contribution in [3.05, 3.63) is 0 Å². The number of amides is 3. The number of thioether (sulfide) groups is 1. The van der Waals surface area contributed by atoms with Crippen molar-refractivity contribution in [2.75, 3.05) is 12.8 Å². The number of imide groups is 1. The highest BCUT2D eigenvalue weighted by atomic mass is 35.5. The molecule has 1 aliphatic rings. The van der Waals surface area contributed by atoms with Crippen LogP contribution in [0.15, 0.2) is 0 Å². The Morgan fingerprint density at radius 3 is 2.47 bits per heavy atom. The molecule has 0 aromatic carbocycles. The molecule has 1 atom stereocenters. The summed E-state index contributed by atoms with van der Waals surface area (Å²) in [6, 6.07) is -0.456. The van der Waals surface area contributed by atoms with Gasteiger partial charge in [-0.1, -0.05) is 12.8 Å². The maximum absolute atomic E-state index is 11.5. The van der Waals surface area contributed by atoms with Gasteiger partial charge in [-0.25, -0.2) is 4.79 Å². The molecule has 0 aromatic heterocycles. The summed E-state index contributed by atoms with van der Waals surface area (Å²) >= 11 is 7.35. The highest BCUT2D eigenvalue weighted by Crippen LogP contribution is 2.39. The third-order valence-corrected chi connectivity index (χ3v) is 4.73. The van der Waals surface area contributed by atoms with Crippen LogP contribution >= 0.6 is 23.4 Å². The molecule has 6 heteroatoms. The third-order valence-electron chi connectivity index (χ3n) is 3.12. The Labute approximate surface area is 111 Å². The number of alkyl halides is 1. The molecule has 4 nitrogen and oxygen atoms in total. The minimum Gasteiger partial charge on any atom is -0.336 e. The summed E-state index contributed by atoms with van der Waals surface area (Å²) in [7, 11) is 0. The predicted molar refractivity (Wildman–Crippen MR) is 71.6 cm³/mol. The van der Waals surface area contributed by atoms with Crippen molar-refractivity contribution in [2.24, 2.45) is 0 Å². The van der Waals surface area contributed by atoms with Gasteiger partial charge >= 0.3 is 6.03 Å². The summed E-state index contributed by atoms with van der Waals surface area (Å²) in [6.45, 7) is 2.13. The van der Waals surface area contributed by atoms with E-state index in [0.717, 1.165) is 12.8 Å². The van der Waals surface area contributed by atoms with E-state index in [1.165, 1.54) is 19.8 Å². The lowest BCUT2D eigenvalue weighted by atomic mass is 10.1. The molecule has 17 heavy (non-hydrogen) atoms. The first-order valence-corrected chi connectivity index (χ1v) is 7.43. The van der Waals surface area contributed by atoms with E-state index in [1.807, 2.05) is 0 Å². The van der Waals surface area contributed by atoms with Gasteiger partial charge in [0, 0.05) is 11.3 Å². The van der Waals surface area contributed by atoms with Crippen LogP contribution in [0, 0.1) is 0 Å². The van der Waals surface area contributed by atoms with Crippen molar-refractivity contribution in [3.63, 3.8) is 0 Å². The smallest absolute Gasteiger partial charge is 0.321 e. The molecule has 3 amide bonds. The Kier molecular flexibility index (Phi) is 5.59. The number of hydrogen-bond acceptors (Lipinski definition) is 3. The van der Waals surface area contributed by atoms with Crippen molar-refractivity contribution in [1.82, 2.24) is 10.6 Å². The molecule has 0 saturated heterocycles. The Morgan fingerprint density at radius 1 is 1.41 bits per heavy atom. The first kappa shape index (κ1) is 14.6. The van der Waals surface area contributed by atoms with Crippen LogP contribution in [0.5, 0.6) is 0 Å². The lowest BCUT2D eigenvalue weighted by molar-refractivity contribution is -0.119. The van der Waals surface area contributed by atoms with E-state index in [2.05, 4.69) is 16.9 Å². The molecule has 0 heterocycles. The maximum atomic E-state index is 11.5. The molecular formula is C11H19ClN2O2S. The van der Waals surface area contributed by atoms with Crippen LogP contribution in [0.1, 0.15) is 32.6 Å². The Hall–Kier alpha value is -0.420. The Bertz CT molecular complexity index is 291. The molecule has 0 spiro atoms. The molecule has 98 valence electrons. The van der Waals surface area contributed by atoms with Gasteiger partial charge in [0.1, 0.15) is 5.38 Å². The van der Waals surface area contributed by atoms with Gasteiger partial charge in [-0.3, -0.25) is 10.1 Å². The van der Waals surface area contributed by atoms with Crippen molar-refractivity contribution in [2.45, 2.75) is 42.7 Å². The molecule has 0 aliphatic heterocycles. The highest BCUT2D eigenvalue weighted by Gasteiger charge is 2.33. The quantitative estimate of drug-likeness (QED) is 0.775. The molecule has 0 aromatic rings. The van der Waals surface area contributed by atoms with Crippen molar-refractivity contribution in [1.29, 1.82) is 0 Å². The number of nitrogens with one attached hydrogen (secondary N) is 2. The SMILES string of the molecule is CSC1(CNC(=O)NC(=O)C(C)Cl)CCCC1. The number of carbonyl (C=O) groups excluding carboxylic acids is 2. The second kappa shape index (κ2) is 6.50. The van der Waals surface area contributed by atoms with Gasteiger partial charge in [-0.05, 0) is 26.0 Å². The molecule has 2 N–H and O–H groups in total. The zero-order valence-electron chi connectivity index (χ0n) is 10.2. The summed E-state index contributed by atoms with van der Waals surface area (Å²) in [6.07, 6.45) is 6.73. The first-order valence-electron chi connectivity index (χ1n) is 5.77. The van der Waals surface area contributed by atoms with E-state index in [-0.39, 0.29) is 4.75 Å². The van der Waals surface area contributed by atoms with E-state index in [0.29, 0.717) is 6.54 Å². The van der Waals surface area contributed by atoms with E-state index < -0.39 is 17.3 Å². The second-order valence-electron chi connectivity index (χ2n) is 4.38. The zero-order chi connectivity index (χ0) is 12.9. The maximum Gasteiger partial charge on any atom is 0.321 e. The Balaban J connectivity index is 2.34. The summed E-state index contributed by atoms with van der Waals surface area (Å²) < 4.78 is 0.146. The van der Waals surface area contributed by atoms with Crippen LogP contribution in [-0.2, 0) is 4.79 Å². The van der Waals surface area contributed by atoms with E-state index in [9.17, 15) is 9.59 Å². The normalized spacial score (nSPS) is 19.7. The number of rotatable bonds is 4. The lowest BCUT2D eigenvalue weighted by Gasteiger charge is -2.26. The molecule has 0 bridgehead atoms. The van der Waals surface area contributed by atoms with Crippen molar-refractivity contribution >= 4 is 35.3 Å². The highest BCUT2D eigenvalue weighted by molar-refractivity contribution is 8.00. The van der Waals surface area contributed by atoms with Crippen LogP contribution in [0.2, 0.25) is 0 Å². The van der Waals surface area contributed by atoms with E-state index in [1.54, 1.807) is 11.8 Å². The van der Waals surface area contributed by atoms with Crippen LogP contribution in [0.4, 0.5) is 4.79 Å². The van der Waals surface area contributed by atoms with Gasteiger partial charge in [0.05, 0.1) is 0 Å². The molecular weight excluding hydrogens is 260 g/mol. The van der Waals surface area contributed by atoms with Crippen LogP contribution in [0.25, 0.3) is 0 Å². The first-order chi connectivity index (χ1) is 7.99. The largest absolute Gasteiger partial charge is 0.336 e. The van der Waals surface area contributed by atoms with Crippen LogP contribution < -0.4 is 10.6 Å². The summed E-state index contributed by atoms with van der Waals surface area (Å²) in [5.41, 5.74) is 0. The van der Waals surface area contributed by atoms with Gasteiger partial charge in [0.15, 0.2) is 0 Å². The summed E-state index contributed by atoms with van der Waals surface area (Å²) in [5, 5.41) is 4.27. The number of halogens is 1. The van der Waals surface area contributed by atoms with Crippen molar-refractivity contribution < 1.29 is 9.59 Å². The molecule has 1 saturated carbocycles. The average molecular weight is 279 g/mol. The van der Waals surface area contributed by atoms with Crippen LogP contribution in [-0.4, -0.2) is 34.9 Å². The fourth-order valence-electron chi connectivity index (χ4n) is 1.97. The fraction of sp³-hybridized carbons (Fsp3) is 0.818. The molecule has 1 rings (SSSR count).